The zero-order valence-electron chi connectivity index (χ0n) is 10.2. The van der Waals surface area contributed by atoms with Gasteiger partial charge in [-0.25, -0.2) is 9.37 Å². The largest absolute Gasteiger partial charge is 0.269 e. The summed E-state index contributed by atoms with van der Waals surface area (Å²) >= 11 is 1.41. The fraction of sp³-hybridized carbons (Fsp3) is 0. The summed E-state index contributed by atoms with van der Waals surface area (Å²) in [5, 5.41) is 1.78. The highest BCUT2D eigenvalue weighted by Crippen LogP contribution is 2.03. The predicted molar refractivity (Wildman–Crippen MR) is 73.2 cm³/mol. The lowest BCUT2D eigenvalue weighted by Crippen LogP contribution is -2.40. The number of rotatable bonds is 3. The van der Waals surface area contributed by atoms with Crippen molar-refractivity contribution in [3.8, 4) is 0 Å². The minimum absolute atomic E-state index is 0.246. The first-order valence-electron chi connectivity index (χ1n) is 5.57. The topological polar surface area (TPSA) is 71.1 Å². The average Bonchev–Trinajstić information content (AvgIpc) is 2.96. The van der Waals surface area contributed by atoms with E-state index in [1.54, 1.807) is 10.9 Å². The van der Waals surface area contributed by atoms with Gasteiger partial charge in [-0.1, -0.05) is 0 Å². The molecular formula is C13H10FN3O2S. The SMILES string of the molecule is O=C(C=Cc1cscn1)NNC(=O)c1ccc(F)cc1. The Morgan fingerprint density at radius 3 is 2.60 bits per heavy atom. The summed E-state index contributed by atoms with van der Waals surface area (Å²) < 4.78 is 12.7. The number of halogens is 1. The van der Waals surface area contributed by atoms with Crippen LogP contribution in [0.25, 0.3) is 6.08 Å². The van der Waals surface area contributed by atoms with Gasteiger partial charge in [-0.2, -0.15) is 0 Å². The number of amides is 2. The van der Waals surface area contributed by atoms with E-state index in [1.165, 1.54) is 47.8 Å². The van der Waals surface area contributed by atoms with Gasteiger partial charge >= 0.3 is 0 Å². The Labute approximate surface area is 118 Å². The number of benzene rings is 1. The molecule has 2 rings (SSSR count). The van der Waals surface area contributed by atoms with E-state index in [4.69, 9.17) is 0 Å². The molecule has 2 N–H and O–H groups in total. The molecule has 1 aromatic carbocycles. The van der Waals surface area contributed by atoms with Crippen molar-refractivity contribution in [3.05, 3.63) is 58.3 Å². The number of hydrogen-bond acceptors (Lipinski definition) is 4. The normalized spacial score (nSPS) is 10.4. The average molecular weight is 291 g/mol. The minimum Gasteiger partial charge on any atom is -0.268 e. The van der Waals surface area contributed by atoms with E-state index in [0.29, 0.717) is 5.69 Å². The van der Waals surface area contributed by atoms with E-state index in [-0.39, 0.29) is 5.56 Å². The molecule has 0 bridgehead atoms. The van der Waals surface area contributed by atoms with Gasteiger partial charge in [-0.05, 0) is 30.3 Å². The van der Waals surface area contributed by atoms with Crippen LogP contribution in [0, 0.1) is 5.82 Å². The van der Waals surface area contributed by atoms with Crippen LogP contribution in [-0.2, 0) is 4.79 Å². The third kappa shape index (κ3) is 3.99. The Morgan fingerprint density at radius 2 is 1.95 bits per heavy atom. The smallest absolute Gasteiger partial charge is 0.268 e. The number of nitrogens with one attached hydrogen (secondary N) is 2. The molecule has 102 valence electrons. The second-order valence-electron chi connectivity index (χ2n) is 3.70. The van der Waals surface area contributed by atoms with Crippen molar-refractivity contribution in [3.63, 3.8) is 0 Å². The predicted octanol–water partition coefficient (Wildman–Crippen LogP) is 1.76. The van der Waals surface area contributed by atoms with Crippen molar-refractivity contribution in [2.45, 2.75) is 0 Å². The van der Waals surface area contributed by atoms with Crippen molar-refractivity contribution in [2.75, 3.05) is 0 Å². The highest BCUT2D eigenvalue weighted by molar-refractivity contribution is 7.07. The van der Waals surface area contributed by atoms with Gasteiger partial charge in [0.1, 0.15) is 5.82 Å². The first-order valence-corrected chi connectivity index (χ1v) is 6.51. The number of aromatic nitrogens is 1. The fourth-order valence-corrected chi connectivity index (χ4v) is 1.82. The molecule has 2 amide bonds. The van der Waals surface area contributed by atoms with Crippen molar-refractivity contribution in [1.29, 1.82) is 0 Å². The Kier molecular flexibility index (Phi) is 4.56. The Balaban J connectivity index is 1.84. The van der Waals surface area contributed by atoms with E-state index in [0.717, 1.165) is 0 Å². The van der Waals surface area contributed by atoms with Crippen LogP contribution in [0.4, 0.5) is 4.39 Å². The molecule has 20 heavy (non-hydrogen) atoms. The minimum atomic E-state index is -0.527. The highest BCUT2D eigenvalue weighted by atomic mass is 32.1. The molecular weight excluding hydrogens is 281 g/mol. The molecule has 5 nitrogen and oxygen atoms in total. The first-order chi connectivity index (χ1) is 9.65. The Bertz CT molecular complexity index is 624. The van der Waals surface area contributed by atoms with Crippen LogP contribution in [0.2, 0.25) is 0 Å². The molecule has 0 unspecified atom stereocenters. The van der Waals surface area contributed by atoms with Gasteiger partial charge in [-0.15, -0.1) is 11.3 Å². The summed E-state index contributed by atoms with van der Waals surface area (Å²) in [7, 11) is 0. The van der Waals surface area contributed by atoms with Gasteiger partial charge in [0, 0.05) is 17.0 Å². The van der Waals surface area contributed by atoms with Gasteiger partial charge in [0.2, 0.25) is 0 Å². The monoisotopic (exact) mass is 291 g/mol. The Morgan fingerprint density at radius 1 is 1.20 bits per heavy atom. The van der Waals surface area contributed by atoms with Crippen LogP contribution in [0.1, 0.15) is 16.1 Å². The molecule has 2 aromatic rings. The van der Waals surface area contributed by atoms with E-state index < -0.39 is 17.6 Å². The molecule has 0 atom stereocenters. The van der Waals surface area contributed by atoms with Gasteiger partial charge in [0.15, 0.2) is 0 Å². The zero-order valence-corrected chi connectivity index (χ0v) is 11.0. The maximum absolute atomic E-state index is 12.7. The molecule has 0 spiro atoms. The molecule has 0 aliphatic carbocycles. The number of carbonyl (C=O) groups is 2. The molecule has 0 saturated carbocycles. The van der Waals surface area contributed by atoms with Crippen molar-refractivity contribution >= 4 is 29.2 Å². The number of nitrogens with zero attached hydrogens (tertiary/aromatic N) is 1. The van der Waals surface area contributed by atoms with E-state index in [2.05, 4.69) is 15.8 Å². The quantitative estimate of drug-likeness (QED) is 0.668. The molecule has 7 heteroatoms. The van der Waals surface area contributed by atoms with Gasteiger partial charge in [0.05, 0.1) is 11.2 Å². The van der Waals surface area contributed by atoms with Gasteiger partial charge in [0.25, 0.3) is 11.8 Å². The summed E-state index contributed by atoms with van der Waals surface area (Å²) in [6, 6.07) is 4.97. The van der Waals surface area contributed by atoms with E-state index in [1.807, 2.05) is 0 Å². The Hall–Kier alpha value is -2.54. The number of carbonyl (C=O) groups excluding carboxylic acids is 2. The molecule has 0 saturated heterocycles. The van der Waals surface area contributed by atoms with Crippen LogP contribution < -0.4 is 10.9 Å². The van der Waals surface area contributed by atoms with Crippen LogP contribution in [0.3, 0.4) is 0 Å². The lowest BCUT2D eigenvalue weighted by molar-refractivity contribution is -0.117. The molecule has 1 heterocycles. The van der Waals surface area contributed by atoms with E-state index >= 15 is 0 Å². The molecule has 1 aromatic heterocycles. The molecule has 0 radical (unpaired) electrons. The maximum atomic E-state index is 12.7. The summed E-state index contributed by atoms with van der Waals surface area (Å²) in [6.45, 7) is 0. The van der Waals surface area contributed by atoms with Crippen LogP contribution >= 0.6 is 11.3 Å². The number of hydrazine groups is 1. The maximum Gasteiger partial charge on any atom is 0.269 e. The third-order valence-electron chi connectivity index (χ3n) is 2.26. The van der Waals surface area contributed by atoms with Crippen LogP contribution in [0.15, 0.2) is 41.2 Å². The van der Waals surface area contributed by atoms with Crippen molar-refractivity contribution < 1.29 is 14.0 Å². The molecule has 0 aliphatic rings. The molecule has 0 aliphatic heterocycles. The summed E-state index contributed by atoms with van der Waals surface area (Å²) in [6.07, 6.45) is 2.77. The summed E-state index contributed by atoms with van der Waals surface area (Å²) in [5.74, 6) is -1.45. The van der Waals surface area contributed by atoms with Gasteiger partial charge in [-0.3, -0.25) is 20.4 Å². The lowest BCUT2D eigenvalue weighted by Gasteiger charge is -2.04. The van der Waals surface area contributed by atoms with Gasteiger partial charge < -0.3 is 0 Å². The van der Waals surface area contributed by atoms with Crippen molar-refractivity contribution in [2.24, 2.45) is 0 Å². The van der Waals surface area contributed by atoms with Crippen LogP contribution in [-0.4, -0.2) is 16.8 Å². The second kappa shape index (κ2) is 6.58. The standard InChI is InChI=1S/C13H10FN3O2S/c14-10-3-1-9(2-4-10)13(19)17-16-12(18)6-5-11-7-20-8-15-11/h1-8H,(H,16,18)(H,17,19). The number of thiazole rings is 1. The van der Waals surface area contributed by atoms with Crippen LogP contribution in [0.5, 0.6) is 0 Å². The summed E-state index contributed by atoms with van der Waals surface area (Å²) in [5.41, 5.74) is 6.99. The third-order valence-corrected chi connectivity index (χ3v) is 2.87. The van der Waals surface area contributed by atoms with E-state index in [9.17, 15) is 14.0 Å². The summed E-state index contributed by atoms with van der Waals surface area (Å²) in [4.78, 5) is 27.0. The highest BCUT2D eigenvalue weighted by Gasteiger charge is 2.05. The zero-order chi connectivity index (χ0) is 14.4. The number of hydrogen-bond donors (Lipinski definition) is 2. The first kappa shape index (κ1) is 13.9. The fourth-order valence-electron chi connectivity index (χ4n) is 1.30. The lowest BCUT2D eigenvalue weighted by atomic mass is 10.2. The second-order valence-corrected chi connectivity index (χ2v) is 4.42. The van der Waals surface area contributed by atoms with Crippen molar-refractivity contribution in [1.82, 2.24) is 15.8 Å². The molecule has 0 fully saturated rings.